The minimum Gasteiger partial charge on any atom is -0.492 e. The molecule has 0 aliphatic heterocycles. The van der Waals surface area contributed by atoms with Gasteiger partial charge in [-0.25, -0.2) is 4.98 Å². The summed E-state index contributed by atoms with van der Waals surface area (Å²) in [5, 5.41) is 7.81. The van der Waals surface area contributed by atoms with Crippen molar-refractivity contribution in [3.63, 3.8) is 0 Å². The van der Waals surface area contributed by atoms with Crippen molar-refractivity contribution in [3.8, 4) is 5.75 Å². The van der Waals surface area contributed by atoms with Crippen LogP contribution >= 0.6 is 11.3 Å². The number of guanidine groups is 1. The maximum Gasteiger partial charge on any atom is 0.191 e. The van der Waals surface area contributed by atoms with E-state index in [9.17, 15) is 0 Å². The van der Waals surface area contributed by atoms with E-state index in [4.69, 9.17) is 4.74 Å². The van der Waals surface area contributed by atoms with E-state index in [1.807, 2.05) is 32.4 Å². The van der Waals surface area contributed by atoms with Gasteiger partial charge in [-0.05, 0) is 38.7 Å². The Hall–Kier alpha value is -2.12. The zero-order valence-electron chi connectivity index (χ0n) is 16.1. The largest absolute Gasteiger partial charge is 0.492 e. The Kier molecular flexibility index (Phi) is 8.37. The predicted molar refractivity (Wildman–Crippen MR) is 109 cm³/mol. The lowest BCUT2D eigenvalue weighted by atomic mass is 10.2. The van der Waals surface area contributed by atoms with Gasteiger partial charge in [-0.1, -0.05) is 12.1 Å². The molecule has 6 nitrogen and oxygen atoms in total. The first-order chi connectivity index (χ1) is 12.6. The van der Waals surface area contributed by atoms with Crippen molar-refractivity contribution in [1.29, 1.82) is 0 Å². The second kappa shape index (κ2) is 10.8. The molecule has 0 amide bonds. The lowest BCUT2D eigenvalue weighted by molar-refractivity contribution is 0.261. The highest BCUT2D eigenvalue weighted by molar-refractivity contribution is 7.11. The van der Waals surface area contributed by atoms with E-state index >= 15 is 0 Å². The number of hydrogen-bond donors (Lipinski definition) is 2. The third kappa shape index (κ3) is 7.41. The lowest BCUT2D eigenvalue weighted by Gasteiger charge is -2.13. The molecule has 7 heteroatoms. The number of benzene rings is 1. The van der Waals surface area contributed by atoms with Gasteiger partial charge in [0.1, 0.15) is 12.4 Å². The number of thiazole rings is 1. The summed E-state index contributed by atoms with van der Waals surface area (Å²) in [6, 6.07) is 8.15. The van der Waals surface area contributed by atoms with E-state index in [2.05, 4.69) is 44.6 Å². The molecule has 0 saturated carbocycles. The Balaban J connectivity index is 1.75. The second-order valence-electron chi connectivity index (χ2n) is 6.27. The molecule has 26 heavy (non-hydrogen) atoms. The number of aryl methyl sites for hydroxylation is 1. The third-order valence-corrected chi connectivity index (χ3v) is 4.66. The average Bonchev–Trinajstić information content (AvgIpc) is 3.03. The van der Waals surface area contributed by atoms with E-state index in [1.54, 1.807) is 18.4 Å². The lowest BCUT2D eigenvalue weighted by Crippen LogP contribution is -2.37. The molecule has 0 aliphatic carbocycles. The molecule has 1 heterocycles. The molecule has 0 bridgehead atoms. The predicted octanol–water partition coefficient (Wildman–Crippen LogP) is 2.30. The number of likely N-dealkylation sites (N-methyl/N-ethyl adjacent to an activating group) is 1. The molecule has 2 rings (SSSR count). The Morgan fingerprint density at radius 3 is 2.85 bits per heavy atom. The topological polar surface area (TPSA) is 61.8 Å². The summed E-state index contributed by atoms with van der Waals surface area (Å²) >= 11 is 1.74. The molecule has 142 valence electrons. The van der Waals surface area contributed by atoms with Crippen molar-refractivity contribution >= 4 is 17.3 Å². The van der Waals surface area contributed by atoms with Gasteiger partial charge >= 0.3 is 0 Å². The fraction of sp³-hybridized carbons (Fsp3) is 0.474. The Bertz CT molecular complexity index is 699. The fourth-order valence-corrected chi connectivity index (χ4v) is 3.09. The maximum atomic E-state index is 5.79. The van der Waals surface area contributed by atoms with Gasteiger partial charge < -0.3 is 20.3 Å². The molecule has 0 radical (unpaired) electrons. The van der Waals surface area contributed by atoms with Crippen LogP contribution in [0, 0.1) is 6.92 Å². The van der Waals surface area contributed by atoms with E-state index in [0.717, 1.165) is 41.8 Å². The molecule has 2 aromatic rings. The van der Waals surface area contributed by atoms with Crippen molar-refractivity contribution in [2.45, 2.75) is 19.9 Å². The Labute approximate surface area is 160 Å². The first-order valence-electron chi connectivity index (χ1n) is 8.79. The Morgan fingerprint density at radius 2 is 2.15 bits per heavy atom. The molecule has 0 saturated heterocycles. The van der Waals surface area contributed by atoms with Crippen LogP contribution in [0.2, 0.25) is 0 Å². The van der Waals surface area contributed by atoms with Crippen LogP contribution in [0.1, 0.15) is 15.4 Å². The van der Waals surface area contributed by atoms with Gasteiger partial charge in [-0.15, -0.1) is 11.3 Å². The molecule has 0 fully saturated rings. The zero-order chi connectivity index (χ0) is 18.8. The summed E-state index contributed by atoms with van der Waals surface area (Å²) in [6.45, 7) is 5.16. The summed E-state index contributed by atoms with van der Waals surface area (Å²) in [4.78, 5) is 12.0. The summed E-state index contributed by atoms with van der Waals surface area (Å²) in [5.74, 6) is 1.69. The molecule has 0 spiro atoms. The van der Waals surface area contributed by atoms with Crippen LogP contribution in [-0.4, -0.2) is 56.7 Å². The molecule has 0 aliphatic rings. The van der Waals surface area contributed by atoms with E-state index in [1.165, 1.54) is 4.88 Å². The van der Waals surface area contributed by atoms with Gasteiger partial charge in [0.25, 0.3) is 0 Å². The van der Waals surface area contributed by atoms with Crippen molar-refractivity contribution < 1.29 is 4.74 Å². The standard InChI is InChI=1S/C19H29N5OS/c1-15-13-22-18(26-15)8-9-21-19(20-2)23-14-16-6-5-7-17(12-16)25-11-10-24(3)4/h5-7,12-13H,8-11,14H2,1-4H3,(H2,20,21,23). The van der Waals surface area contributed by atoms with Crippen molar-refractivity contribution in [1.82, 2.24) is 20.5 Å². The van der Waals surface area contributed by atoms with Crippen molar-refractivity contribution in [2.75, 3.05) is 40.8 Å². The number of nitrogens with one attached hydrogen (secondary N) is 2. The van der Waals surface area contributed by atoms with Gasteiger partial charge in [0.2, 0.25) is 0 Å². The molecule has 0 unspecified atom stereocenters. The summed E-state index contributed by atoms with van der Waals surface area (Å²) < 4.78 is 5.79. The number of hydrogen-bond acceptors (Lipinski definition) is 5. The first-order valence-corrected chi connectivity index (χ1v) is 9.61. The van der Waals surface area contributed by atoms with Crippen LogP contribution < -0.4 is 15.4 Å². The second-order valence-corrected chi connectivity index (χ2v) is 7.59. The van der Waals surface area contributed by atoms with Gasteiger partial charge in [0.05, 0.1) is 5.01 Å². The number of nitrogens with zero attached hydrogens (tertiary/aromatic N) is 3. The minimum absolute atomic E-state index is 0.684. The molecule has 2 N–H and O–H groups in total. The minimum atomic E-state index is 0.684. The van der Waals surface area contributed by atoms with Crippen LogP contribution in [0.4, 0.5) is 0 Å². The van der Waals surface area contributed by atoms with Crippen LogP contribution in [0.15, 0.2) is 35.5 Å². The van der Waals surface area contributed by atoms with Gasteiger partial charge in [0, 0.05) is 44.2 Å². The highest BCUT2D eigenvalue weighted by Gasteiger charge is 2.02. The average molecular weight is 376 g/mol. The molecule has 1 aromatic heterocycles. The van der Waals surface area contributed by atoms with Crippen LogP contribution in [-0.2, 0) is 13.0 Å². The smallest absolute Gasteiger partial charge is 0.191 e. The quantitative estimate of drug-likeness (QED) is 0.520. The third-order valence-electron chi connectivity index (χ3n) is 3.69. The summed E-state index contributed by atoms with van der Waals surface area (Å²) in [6.07, 6.45) is 2.81. The zero-order valence-corrected chi connectivity index (χ0v) is 16.9. The number of rotatable bonds is 9. The summed E-state index contributed by atoms with van der Waals surface area (Å²) in [5.41, 5.74) is 1.16. The first kappa shape index (κ1) is 20.2. The van der Waals surface area contributed by atoms with Crippen LogP contribution in [0.5, 0.6) is 5.75 Å². The SMILES string of the molecule is CN=C(NCCc1ncc(C)s1)NCc1cccc(OCCN(C)C)c1. The van der Waals surface area contributed by atoms with Crippen LogP contribution in [0.25, 0.3) is 0 Å². The van der Waals surface area contributed by atoms with Gasteiger partial charge in [-0.2, -0.15) is 0 Å². The van der Waals surface area contributed by atoms with Gasteiger partial charge in [0.15, 0.2) is 5.96 Å². The van der Waals surface area contributed by atoms with Crippen molar-refractivity contribution in [2.24, 2.45) is 4.99 Å². The highest BCUT2D eigenvalue weighted by atomic mass is 32.1. The van der Waals surface area contributed by atoms with Gasteiger partial charge in [-0.3, -0.25) is 4.99 Å². The monoisotopic (exact) mass is 375 g/mol. The van der Waals surface area contributed by atoms with E-state index < -0.39 is 0 Å². The van der Waals surface area contributed by atoms with E-state index in [0.29, 0.717) is 13.2 Å². The molecular formula is C19H29N5OS. The van der Waals surface area contributed by atoms with Crippen molar-refractivity contribution in [3.05, 3.63) is 45.9 Å². The highest BCUT2D eigenvalue weighted by Crippen LogP contribution is 2.13. The molecule has 1 aromatic carbocycles. The van der Waals surface area contributed by atoms with Crippen LogP contribution in [0.3, 0.4) is 0 Å². The normalized spacial score (nSPS) is 11.7. The number of aliphatic imine (C=N–C) groups is 1. The summed E-state index contributed by atoms with van der Waals surface area (Å²) in [7, 11) is 5.86. The number of aromatic nitrogens is 1. The Morgan fingerprint density at radius 1 is 1.31 bits per heavy atom. The molecule has 0 atom stereocenters. The molecular weight excluding hydrogens is 346 g/mol. The maximum absolute atomic E-state index is 5.79. The number of ether oxygens (including phenoxy) is 1. The van der Waals surface area contributed by atoms with E-state index in [-0.39, 0.29) is 0 Å². The fourth-order valence-electron chi connectivity index (χ4n) is 2.30.